The summed E-state index contributed by atoms with van der Waals surface area (Å²) in [5.74, 6) is -0.395. The molecule has 0 heterocycles. The molecule has 1 rings (SSSR count). The highest BCUT2D eigenvalue weighted by Gasteiger charge is 2.11. The van der Waals surface area contributed by atoms with Gasteiger partial charge in [0.05, 0.1) is 17.2 Å². The third kappa shape index (κ3) is 6.29. The lowest BCUT2D eigenvalue weighted by atomic mass is 10.1. The molecule has 4 heteroatoms. The van der Waals surface area contributed by atoms with Crippen LogP contribution in [0, 0.1) is 0 Å². The van der Waals surface area contributed by atoms with E-state index in [9.17, 15) is 4.79 Å². The maximum Gasteiger partial charge on any atom is 0.339 e. The minimum atomic E-state index is -0.395. The Morgan fingerprint density at radius 3 is 2.50 bits per heavy atom. The van der Waals surface area contributed by atoms with E-state index in [1.54, 1.807) is 18.2 Å². The van der Waals surface area contributed by atoms with Crippen molar-refractivity contribution in [3.05, 3.63) is 28.8 Å². The number of carbonyl (C=O) groups excluding carboxylic acids is 1. The molecule has 20 heavy (non-hydrogen) atoms. The average Bonchev–Trinajstić information content (AvgIpc) is 2.44. The zero-order valence-electron chi connectivity index (χ0n) is 12.2. The van der Waals surface area contributed by atoms with Crippen LogP contribution in [-0.2, 0) is 4.74 Å². The molecule has 112 valence electrons. The van der Waals surface area contributed by atoms with Crippen molar-refractivity contribution in [1.29, 1.82) is 0 Å². The molecule has 0 aliphatic carbocycles. The Morgan fingerprint density at radius 1 is 1.15 bits per heavy atom. The van der Waals surface area contributed by atoms with E-state index in [4.69, 9.17) is 22.1 Å². The summed E-state index contributed by atoms with van der Waals surface area (Å²) in [5, 5.41) is 0.378. The van der Waals surface area contributed by atoms with Gasteiger partial charge >= 0.3 is 5.97 Å². The lowest BCUT2D eigenvalue weighted by Crippen LogP contribution is -2.07. The predicted molar refractivity (Wildman–Crippen MR) is 84.1 cm³/mol. The molecule has 0 amide bonds. The number of hydrogen-bond acceptors (Lipinski definition) is 3. The van der Waals surface area contributed by atoms with E-state index >= 15 is 0 Å². The minimum Gasteiger partial charge on any atom is -0.462 e. The Morgan fingerprint density at radius 2 is 1.80 bits per heavy atom. The number of anilines is 1. The maximum atomic E-state index is 11.8. The number of carbonyl (C=O) groups is 1. The fourth-order valence-corrected chi connectivity index (χ4v) is 2.20. The van der Waals surface area contributed by atoms with Crippen molar-refractivity contribution in [3.8, 4) is 0 Å². The SMILES string of the molecule is CCCCCCCCCOC(=O)c1cc(N)ccc1Cl. The first-order valence-corrected chi connectivity index (χ1v) is 7.75. The second kappa shape index (κ2) is 9.65. The van der Waals surface area contributed by atoms with Gasteiger partial charge in [0, 0.05) is 5.69 Å². The minimum absolute atomic E-state index is 0.342. The van der Waals surface area contributed by atoms with Crippen LogP contribution in [0.5, 0.6) is 0 Å². The summed E-state index contributed by atoms with van der Waals surface area (Å²) in [4.78, 5) is 11.8. The summed E-state index contributed by atoms with van der Waals surface area (Å²) in [6.45, 7) is 2.65. The van der Waals surface area contributed by atoms with E-state index in [0.29, 0.717) is 22.9 Å². The quantitative estimate of drug-likeness (QED) is 0.403. The lowest BCUT2D eigenvalue weighted by Gasteiger charge is -2.07. The molecule has 0 saturated carbocycles. The molecular formula is C16H24ClNO2. The number of nitrogen functional groups attached to an aromatic ring is 1. The zero-order valence-corrected chi connectivity index (χ0v) is 12.9. The second-order valence-corrected chi connectivity index (χ2v) is 5.40. The highest BCUT2D eigenvalue weighted by Crippen LogP contribution is 2.19. The Kier molecular flexibility index (Phi) is 8.12. The van der Waals surface area contributed by atoms with Crippen molar-refractivity contribution < 1.29 is 9.53 Å². The maximum absolute atomic E-state index is 11.8. The van der Waals surface area contributed by atoms with Crippen LogP contribution in [0.4, 0.5) is 5.69 Å². The molecule has 0 aromatic heterocycles. The summed E-state index contributed by atoms with van der Waals surface area (Å²) in [7, 11) is 0. The molecule has 0 spiro atoms. The normalized spacial score (nSPS) is 10.5. The van der Waals surface area contributed by atoms with Crippen molar-refractivity contribution in [2.24, 2.45) is 0 Å². The number of unbranched alkanes of at least 4 members (excludes halogenated alkanes) is 6. The van der Waals surface area contributed by atoms with Gasteiger partial charge in [-0.2, -0.15) is 0 Å². The number of benzene rings is 1. The molecule has 0 bridgehead atoms. The summed E-state index contributed by atoms with van der Waals surface area (Å²) in [6, 6.07) is 4.83. The van der Waals surface area contributed by atoms with Crippen LogP contribution >= 0.6 is 11.6 Å². The van der Waals surface area contributed by atoms with Gasteiger partial charge in [0.15, 0.2) is 0 Å². The number of rotatable bonds is 9. The second-order valence-electron chi connectivity index (χ2n) is 5.00. The first-order valence-electron chi connectivity index (χ1n) is 7.37. The number of hydrogen-bond donors (Lipinski definition) is 1. The Labute approximate surface area is 126 Å². The third-order valence-electron chi connectivity index (χ3n) is 3.19. The molecule has 1 aromatic rings. The number of ether oxygens (including phenoxy) is 1. The van der Waals surface area contributed by atoms with Crippen LogP contribution in [0.15, 0.2) is 18.2 Å². The molecule has 0 radical (unpaired) electrons. The van der Waals surface area contributed by atoms with Crippen molar-refractivity contribution in [1.82, 2.24) is 0 Å². The molecule has 0 fully saturated rings. The molecule has 0 aliphatic rings. The monoisotopic (exact) mass is 297 g/mol. The molecule has 0 unspecified atom stereocenters. The third-order valence-corrected chi connectivity index (χ3v) is 3.52. The average molecular weight is 298 g/mol. The van der Waals surface area contributed by atoms with Crippen LogP contribution < -0.4 is 5.73 Å². The van der Waals surface area contributed by atoms with E-state index in [-0.39, 0.29) is 0 Å². The van der Waals surface area contributed by atoms with E-state index in [1.807, 2.05) is 0 Å². The molecule has 0 atom stereocenters. The fraction of sp³-hybridized carbons (Fsp3) is 0.562. The van der Waals surface area contributed by atoms with E-state index in [2.05, 4.69) is 6.92 Å². The lowest BCUT2D eigenvalue weighted by molar-refractivity contribution is 0.0498. The molecule has 0 aliphatic heterocycles. The standard InChI is InChI=1S/C16H24ClNO2/c1-2-3-4-5-6-7-8-11-20-16(19)14-12-13(18)9-10-15(14)17/h9-10,12H,2-8,11,18H2,1H3. The van der Waals surface area contributed by atoms with E-state index < -0.39 is 5.97 Å². The largest absolute Gasteiger partial charge is 0.462 e. The topological polar surface area (TPSA) is 52.3 Å². The Bertz CT molecular complexity index is 421. The molecule has 1 aromatic carbocycles. The van der Waals surface area contributed by atoms with Gasteiger partial charge < -0.3 is 10.5 Å². The van der Waals surface area contributed by atoms with Gasteiger partial charge in [-0.25, -0.2) is 4.79 Å². The summed E-state index contributed by atoms with van der Waals surface area (Å²) >= 11 is 5.95. The highest BCUT2D eigenvalue weighted by atomic mass is 35.5. The Balaban J connectivity index is 2.18. The first kappa shape index (κ1) is 16.8. The summed E-state index contributed by atoms with van der Waals surface area (Å²) in [6.07, 6.45) is 8.34. The number of esters is 1. The van der Waals surface area contributed by atoms with Gasteiger partial charge in [-0.3, -0.25) is 0 Å². The van der Waals surface area contributed by atoms with Crippen LogP contribution in [0.1, 0.15) is 62.2 Å². The highest BCUT2D eigenvalue weighted by molar-refractivity contribution is 6.33. The van der Waals surface area contributed by atoms with Crippen molar-refractivity contribution in [2.75, 3.05) is 12.3 Å². The van der Waals surface area contributed by atoms with E-state index in [1.165, 1.54) is 32.1 Å². The van der Waals surface area contributed by atoms with Crippen molar-refractivity contribution in [3.63, 3.8) is 0 Å². The van der Waals surface area contributed by atoms with Crippen LogP contribution in [0.3, 0.4) is 0 Å². The number of nitrogens with two attached hydrogens (primary N) is 1. The Hall–Kier alpha value is -1.22. The van der Waals surface area contributed by atoms with Gasteiger partial charge in [0.25, 0.3) is 0 Å². The van der Waals surface area contributed by atoms with Gasteiger partial charge in [0.1, 0.15) is 0 Å². The van der Waals surface area contributed by atoms with Crippen LogP contribution in [0.25, 0.3) is 0 Å². The van der Waals surface area contributed by atoms with Gasteiger partial charge in [-0.05, 0) is 24.6 Å². The molecule has 3 nitrogen and oxygen atoms in total. The van der Waals surface area contributed by atoms with Crippen molar-refractivity contribution in [2.45, 2.75) is 51.9 Å². The fourth-order valence-electron chi connectivity index (χ4n) is 2.00. The van der Waals surface area contributed by atoms with E-state index in [0.717, 1.165) is 12.8 Å². The zero-order chi connectivity index (χ0) is 14.8. The van der Waals surface area contributed by atoms with Crippen molar-refractivity contribution >= 4 is 23.3 Å². The van der Waals surface area contributed by atoms with Gasteiger partial charge in [0.2, 0.25) is 0 Å². The summed E-state index contributed by atoms with van der Waals surface area (Å²) < 4.78 is 5.21. The first-order chi connectivity index (χ1) is 9.65. The van der Waals surface area contributed by atoms with Gasteiger partial charge in [-0.1, -0.05) is 57.0 Å². The van der Waals surface area contributed by atoms with Gasteiger partial charge in [-0.15, -0.1) is 0 Å². The molecule has 0 saturated heterocycles. The smallest absolute Gasteiger partial charge is 0.339 e. The predicted octanol–water partition coefficient (Wildman–Crippen LogP) is 4.83. The molecule has 2 N–H and O–H groups in total. The van der Waals surface area contributed by atoms with Crippen LogP contribution in [-0.4, -0.2) is 12.6 Å². The summed E-state index contributed by atoms with van der Waals surface area (Å²) in [5.41, 5.74) is 6.49. The molecular weight excluding hydrogens is 274 g/mol. The van der Waals surface area contributed by atoms with Crippen LogP contribution in [0.2, 0.25) is 5.02 Å². The number of halogens is 1.